The number of benzene rings is 1. The van der Waals surface area contributed by atoms with Crippen LogP contribution in [0.2, 0.25) is 5.02 Å². The molecule has 0 saturated heterocycles. The van der Waals surface area contributed by atoms with E-state index in [0.717, 1.165) is 6.08 Å². The third-order valence-corrected chi connectivity index (χ3v) is 4.92. The summed E-state index contributed by atoms with van der Waals surface area (Å²) in [7, 11) is -3.60. The van der Waals surface area contributed by atoms with Crippen molar-refractivity contribution in [1.29, 1.82) is 0 Å². The molecule has 1 aliphatic rings. The molecule has 1 aromatic carbocycles. The van der Waals surface area contributed by atoms with E-state index in [1.54, 1.807) is 0 Å². The van der Waals surface area contributed by atoms with E-state index in [1.807, 2.05) is 4.72 Å². The van der Waals surface area contributed by atoms with Crippen molar-refractivity contribution in [1.82, 2.24) is 4.72 Å². The summed E-state index contributed by atoms with van der Waals surface area (Å²) in [6.45, 7) is 0. The monoisotopic (exact) mass is 405 g/mol. The first-order valence-corrected chi connectivity index (χ1v) is 8.20. The molecular weight excluding hydrogens is 397 g/mol. The molecule has 24 heavy (non-hydrogen) atoms. The van der Waals surface area contributed by atoms with Gasteiger partial charge in [-0.15, -0.1) is 0 Å². The number of rotatable bonds is 6. The van der Waals surface area contributed by atoms with Crippen molar-refractivity contribution in [3.63, 3.8) is 0 Å². The summed E-state index contributed by atoms with van der Waals surface area (Å²) in [5.41, 5.74) is 0.130. The first-order chi connectivity index (χ1) is 11.0. The van der Waals surface area contributed by atoms with Crippen LogP contribution in [0, 0.1) is 0 Å². The van der Waals surface area contributed by atoms with Gasteiger partial charge in [0.1, 0.15) is 6.10 Å². The Balaban J connectivity index is 2.34. The summed E-state index contributed by atoms with van der Waals surface area (Å²) < 4.78 is 70.9. The molecule has 1 N–H and O–H groups in total. The molecule has 0 radical (unpaired) electrons. The minimum absolute atomic E-state index is 0.0734. The molecule has 1 aliphatic heterocycles. The van der Waals surface area contributed by atoms with Gasteiger partial charge in [0.25, 0.3) is 0 Å². The van der Waals surface area contributed by atoms with Crippen LogP contribution in [0.1, 0.15) is 11.6 Å². The molecule has 1 unspecified atom stereocenters. The van der Waals surface area contributed by atoms with Crippen LogP contribution in [0.5, 0.6) is 0 Å². The number of nitrogens with one attached hydrogen (secondary N) is 1. The molecule has 11 heteroatoms. The lowest BCUT2D eigenvalue weighted by Gasteiger charge is -2.27. The molecule has 1 heterocycles. The van der Waals surface area contributed by atoms with Crippen LogP contribution in [0.15, 0.2) is 36.4 Å². The smallest absolute Gasteiger partial charge is 0.410 e. The Kier molecular flexibility index (Phi) is 5.58. The van der Waals surface area contributed by atoms with Crippen molar-refractivity contribution in [2.24, 2.45) is 0 Å². The van der Waals surface area contributed by atoms with Gasteiger partial charge in [0.15, 0.2) is 11.0 Å². The molecule has 132 valence electrons. The molecule has 0 bridgehead atoms. The second kappa shape index (κ2) is 6.99. The summed E-state index contributed by atoms with van der Waals surface area (Å²) in [4.78, 5) is 11.2. The first kappa shape index (κ1) is 19.2. The molecular formula is C13H9Cl2F4NO3S. The fourth-order valence-corrected chi connectivity index (χ4v) is 3.21. The van der Waals surface area contributed by atoms with E-state index < -0.39 is 39.7 Å². The van der Waals surface area contributed by atoms with Crippen LogP contribution < -0.4 is 4.72 Å². The predicted molar refractivity (Wildman–Crippen MR) is 80.2 cm³/mol. The molecule has 3 atom stereocenters. The number of hydrogen-bond acceptors (Lipinski definition) is 3. The van der Waals surface area contributed by atoms with Crippen LogP contribution in [0.3, 0.4) is 0 Å². The number of alkyl halides is 5. The largest absolute Gasteiger partial charge is 0.453 e. The number of carbonyl (C=O) groups is 1. The maximum Gasteiger partial charge on any atom is 0.410 e. The van der Waals surface area contributed by atoms with E-state index in [4.69, 9.17) is 16.3 Å². The van der Waals surface area contributed by atoms with Gasteiger partial charge in [-0.3, -0.25) is 0 Å². The van der Waals surface area contributed by atoms with Gasteiger partial charge in [0.05, 0.1) is 6.04 Å². The third-order valence-electron chi connectivity index (χ3n) is 3.04. The Morgan fingerprint density at radius 3 is 2.38 bits per heavy atom. The number of cyclic esters (lactones) is 1. The standard InChI is InChI=1S/C13H9Cl2F4NO3S/c14-8-4-2-1-3-7(8)11(9-5-6-10(21)23-9)20-24(22)13(18,19)12(15,16)17/h1-6,9,11,20H/t9-,11-,24?/m1/s1. The zero-order valence-corrected chi connectivity index (χ0v) is 13.8. The highest BCUT2D eigenvalue weighted by molar-refractivity contribution is 7.84. The lowest BCUT2D eigenvalue weighted by atomic mass is 10.0. The van der Waals surface area contributed by atoms with Crippen molar-refractivity contribution in [3.05, 3.63) is 47.0 Å². The zero-order valence-electron chi connectivity index (χ0n) is 11.5. The van der Waals surface area contributed by atoms with Crippen LogP contribution in [-0.2, 0) is 20.5 Å². The van der Waals surface area contributed by atoms with Gasteiger partial charge >= 0.3 is 16.6 Å². The summed E-state index contributed by atoms with van der Waals surface area (Å²) in [6, 6.07) is 4.47. The van der Waals surface area contributed by atoms with Crippen LogP contribution >= 0.6 is 23.2 Å². The number of carbonyl (C=O) groups excluding carboxylic acids is 1. The fourth-order valence-electron chi connectivity index (χ4n) is 1.89. The van der Waals surface area contributed by atoms with E-state index in [2.05, 4.69) is 11.6 Å². The quantitative estimate of drug-likeness (QED) is 0.447. The molecule has 2 rings (SSSR count). The Hall–Kier alpha value is -1.16. The number of esters is 1. The maximum absolute atomic E-state index is 13.5. The van der Waals surface area contributed by atoms with E-state index in [0.29, 0.717) is 0 Å². The van der Waals surface area contributed by atoms with Crippen LogP contribution in [0.4, 0.5) is 17.6 Å². The lowest BCUT2D eigenvalue weighted by Crippen LogP contribution is -2.47. The second-order valence-corrected chi connectivity index (χ2v) is 6.83. The highest BCUT2D eigenvalue weighted by Gasteiger charge is 2.61. The van der Waals surface area contributed by atoms with E-state index >= 15 is 0 Å². The Labute approximate surface area is 146 Å². The highest BCUT2D eigenvalue weighted by atomic mass is 35.5. The van der Waals surface area contributed by atoms with Gasteiger partial charge in [-0.2, -0.15) is 17.6 Å². The molecule has 0 saturated carbocycles. The number of halogens is 6. The summed E-state index contributed by atoms with van der Waals surface area (Å²) >= 11 is 10.3. The molecule has 0 fully saturated rings. The van der Waals surface area contributed by atoms with E-state index in [-0.39, 0.29) is 10.6 Å². The van der Waals surface area contributed by atoms with Crippen molar-refractivity contribution >= 4 is 40.2 Å². The summed E-state index contributed by atoms with van der Waals surface area (Å²) in [5.74, 6) is -0.765. The molecule has 0 aliphatic carbocycles. The van der Waals surface area contributed by atoms with E-state index in [9.17, 15) is 26.6 Å². The van der Waals surface area contributed by atoms with Crippen LogP contribution in [-0.4, -0.2) is 26.9 Å². The Morgan fingerprint density at radius 1 is 1.25 bits per heavy atom. The van der Waals surface area contributed by atoms with Gasteiger partial charge in [-0.25, -0.2) is 13.7 Å². The summed E-state index contributed by atoms with van der Waals surface area (Å²) in [5, 5.41) is -10.0. The second-order valence-electron chi connectivity index (χ2n) is 4.66. The molecule has 0 amide bonds. The highest BCUT2D eigenvalue weighted by Crippen LogP contribution is 2.41. The topological polar surface area (TPSA) is 55.4 Å². The lowest BCUT2D eigenvalue weighted by molar-refractivity contribution is -0.139. The average Bonchev–Trinajstić information content (AvgIpc) is 2.90. The van der Waals surface area contributed by atoms with Gasteiger partial charge < -0.3 is 4.74 Å². The SMILES string of the molecule is O=C1C=C[C@H]([C@H](NS(=O)C(F)(F)C(F)(F)Cl)c2ccccc2Cl)O1. The number of hydrogen-bond donors (Lipinski definition) is 1. The van der Waals surface area contributed by atoms with Gasteiger partial charge in [0.2, 0.25) is 0 Å². The molecule has 4 nitrogen and oxygen atoms in total. The minimum Gasteiger partial charge on any atom is -0.453 e. The molecule has 1 aromatic rings. The predicted octanol–water partition coefficient (Wildman–Crippen LogP) is 3.54. The normalized spacial score (nSPS) is 20.8. The van der Waals surface area contributed by atoms with Crippen molar-refractivity contribution < 1.29 is 31.3 Å². The van der Waals surface area contributed by atoms with Gasteiger partial charge in [-0.05, 0) is 29.3 Å². The maximum atomic E-state index is 13.5. The van der Waals surface area contributed by atoms with E-state index in [1.165, 1.54) is 30.3 Å². The van der Waals surface area contributed by atoms with Crippen molar-refractivity contribution in [2.75, 3.05) is 0 Å². The van der Waals surface area contributed by atoms with Crippen LogP contribution in [0.25, 0.3) is 0 Å². The summed E-state index contributed by atoms with van der Waals surface area (Å²) in [6.07, 6.45) is 1.06. The Bertz CT molecular complexity index is 696. The molecule has 0 spiro atoms. The Morgan fingerprint density at radius 2 is 1.88 bits per heavy atom. The number of ether oxygens (including phenoxy) is 1. The average molecular weight is 406 g/mol. The third kappa shape index (κ3) is 3.90. The molecule has 0 aromatic heterocycles. The first-order valence-electron chi connectivity index (χ1n) is 6.30. The van der Waals surface area contributed by atoms with Gasteiger partial charge in [0, 0.05) is 11.1 Å². The van der Waals surface area contributed by atoms with Gasteiger partial charge in [-0.1, -0.05) is 29.8 Å². The zero-order chi connectivity index (χ0) is 18.1. The van der Waals surface area contributed by atoms with Crippen molar-refractivity contribution in [2.45, 2.75) is 22.8 Å². The van der Waals surface area contributed by atoms with Crippen molar-refractivity contribution in [3.8, 4) is 0 Å². The fraction of sp³-hybridized carbons (Fsp3) is 0.308. The minimum atomic E-state index is -5.07.